The number of fused-ring (bicyclic) bond motifs is 1. The summed E-state index contributed by atoms with van der Waals surface area (Å²) in [6, 6.07) is 18.4. The molecule has 0 bridgehead atoms. The summed E-state index contributed by atoms with van der Waals surface area (Å²) in [6.45, 7) is 0. The Morgan fingerprint density at radius 2 is 1.61 bits per heavy atom. The molecule has 0 saturated carbocycles. The highest BCUT2D eigenvalue weighted by Crippen LogP contribution is 2.33. The van der Waals surface area contributed by atoms with Crippen LogP contribution in [0.25, 0.3) is 10.8 Å². The first-order chi connectivity index (χ1) is 13.3. The average Bonchev–Trinajstić information content (AvgIpc) is 2.67. The van der Waals surface area contributed by atoms with Crippen molar-refractivity contribution in [3.8, 4) is 0 Å². The molecule has 0 aliphatic rings. The van der Waals surface area contributed by atoms with Crippen molar-refractivity contribution in [2.24, 2.45) is 0 Å². The van der Waals surface area contributed by atoms with E-state index < -0.39 is 20.8 Å². The number of nitro benzene ring substituents is 1. The van der Waals surface area contributed by atoms with E-state index in [9.17, 15) is 14.9 Å². The zero-order valence-corrected chi connectivity index (χ0v) is 16.5. The SMILES string of the molecule is O=C(NC(Nc1cccc2ccccc12)C(Cl)(Cl)Cl)c1ccc([N+](=O)[O-])cc1. The quantitative estimate of drug-likeness (QED) is 0.245. The van der Waals surface area contributed by atoms with E-state index in [-0.39, 0.29) is 11.3 Å². The van der Waals surface area contributed by atoms with Gasteiger partial charge in [0.05, 0.1) is 4.92 Å². The second kappa shape index (κ2) is 8.22. The van der Waals surface area contributed by atoms with E-state index in [1.807, 2.05) is 42.5 Å². The predicted octanol–water partition coefficient (Wildman–Crippen LogP) is 5.29. The number of rotatable bonds is 5. The highest BCUT2D eigenvalue weighted by molar-refractivity contribution is 6.68. The molecule has 3 rings (SSSR count). The third-order valence-electron chi connectivity index (χ3n) is 4.03. The van der Waals surface area contributed by atoms with Gasteiger partial charge in [-0.05, 0) is 23.6 Å². The Labute approximate surface area is 175 Å². The summed E-state index contributed by atoms with van der Waals surface area (Å²) in [6.07, 6.45) is -1.05. The number of benzene rings is 3. The van der Waals surface area contributed by atoms with Gasteiger partial charge in [0.15, 0.2) is 0 Å². The number of nitro groups is 1. The lowest BCUT2D eigenvalue weighted by atomic mass is 10.1. The maximum atomic E-state index is 12.5. The van der Waals surface area contributed by atoms with E-state index in [2.05, 4.69) is 10.6 Å². The molecule has 0 spiro atoms. The standard InChI is InChI=1S/C19H14Cl3N3O3/c20-19(21,22)18(23-16-7-3-5-12-4-1-2-6-15(12)16)24-17(26)13-8-10-14(11-9-13)25(27)28/h1-11,18,23H,(H,24,26). The third kappa shape index (κ3) is 4.65. The highest BCUT2D eigenvalue weighted by atomic mass is 35.6. The normalized spacial score (nSPS) is 12.4. The summed E-state index contributed by atoms with van der Waals surface area (Å²) < 4.78 is -1.85. The van der Waals surface area contributed by atoms with Gasteiger partial charge < -0.3 is 10.6 Å². The van der Waals surface area contributed by atoms with Crippen LogP contribution in [0.4, 0.5) is 11.4 Å². The summed E-state index contributed by atoms with van der Waals surface area (Å²) in [5.74, 6) is -0.543. The third-order valence-corrected chi connectivity index (χ3v) is 4.69. The molecule has 0 aromatic heterocycles. The molecule has 3 aromatic carbocycles. The van der Waals surface area contributed by atoms with Crippen molar-refractivity contribution in [1.29, 1.82) is 0 Å². The van der Waals surface area contributed by atoms with Gasteiger partial charge >= 0.3 is 0 Å². The minimum absolute atomic E-state index is 0.122. The van der Waals surface area contributed by atoms with Crippen molar-refractivity contribution in [2.45, 2.75) is 9.96 Å². The van der Waals surface area contributed by atoms with Gasteiger partial charge in [0, 0.05) is 28.8 Å². The van der Waals surface area contributed by atoms with E-state index >= 15 is 0 Å². The van der Waals surface area contributed by atoms with Gasteiger partial charge in [0.1, 0.15) is 6.17 Å². The van der Waals surface area contributed by atoms with E-state index in [0.717, 1.165) is 10.8 Å². The Morgan fingerprint density at radius 1 is 0.964 bits per heavy atom. The van der Waals surface area contributed by atoms with Crippen LogP contribution in [0.2, 0.25) is 0 Å². The summed E-state index contributed by atoms with van der Waals surface area (Å²) >= 11 is 18.2. The van der Waals surface area contributed by atoms with Crippen LogP contribution in [-0.2, 0) is 0 Å². The Hall–Kier alpha value is -2.54. The molecule has 0 aliphatic heterocycles. The zero-order chi connectivity index (χ0) is 20.3. The number of anilines is 1. The van der Waals surface area contributed by atoms with Gasteiger partial charge in [0.25, 0.3) is 11.6 Å². The maximum Gasteiger partial charge on any atom is 0.269 e. The van der Waals surface area contributed by atoms with Gasteiger partial charge in [-0.2, -0.15) is 0 Å². The molecule has 3 aromatic rings. The Kier molecular flexibility index (Phi) is 5.93. The largest absolute Gasteiger partial charge is 0.361 e. The molecule has 0 heterocycles. The lowest BCUT2D eigenvalue weighted by molar-refractivity contribution is -0.384. The van der Waals surface area contributed by atoms with Crippen LogP contribution >= 0.6 is 34.8 Å². The Balaban J connectivity index is 1.84. The van der Waals surface area contributed by atoms with Crippen LogP contribution < -0.4 is 10.6 Å². The molecule has 1 unspecified atom stereocenters. The van der Waals surface area contributed by atoms with E-state index in [1.165, 1.54) is 24.3 Å². The first kappa shape index (κ1) is 20.2. The van der Waals surface area contributed by atoms with E-state index in [1.54, 1.807) is 0 Å². The fourth-order valence-electron chi connectivity index (χ4n) is 2.66. The highest BCUT2D eigenvalue weighted by Gasteiger charge is 2.34. The van der Waals surface area contributed by atoms with E-state index in [4.69, 9.17) is 34.8 Å². The average molecular weight is 439 g/mol. The summed E-state index contributed by atoms with van der Waals surface area (Å²) in [7, 11) is 0. The smallest absolute Gasteiger partial charge is 0.269 e. The first-order valence-electron chi connectivity index (χ1n) is 8.12. The second-order valence-corrected chi connectivity index (χ2v) is 8.29. The maximum absolute atomic E-state index is 12.5. The number of non-ortho nitro benzene ring substituents is 1. The Morgan fingerprint density at radius 3 is 2.25 bits per heavy atom. The molecular weight excluding hydrogens is 425 g/mol. The van der Waals surface area contributed by atoms with Gasteiger partial charge in [-0.1, -0.05) is 71.2 Å². The minimum Gasteiger partial charge on any atom is -0.361 e. The number of carbonyl (C=O) groups is 1. The molecule has 1 amide bonds. The molecule has 0 aliphatic carbocycles. The number of carbonyl (C=O) groups excluding carboxylic acids is 1. The lowest BCUT2D eigenvalue weighted by Crippen LogP contribution is -2.49. The van der Waals surface area contributed by atoms with Gasteiger partial charge in [-0.3, -0.25) is 14.9 Å². The predicted molar refractivity (Wildman–Crippen MR) is 112 cm³/mol. The molecule has 9 heteroatoms. The van der Waals surface area contributed by atoms with Crippen LogP contribution in [0, 0.1) is 10.1 Å². The molecule has 0 saturated heterocycles. The summed E-state index contributed by atoms with van der Waals surface area (Å²) in [5, 5.41) is 18.3. The van der Waals surface area contributed by atoms with Crippen molar-refractivity contribution < 1.29 is 9.72 Å². The summed E-state index contributed by atoms with van der Waals surface area (Å²) in [4.78, 5) is 22.7. The number of nitrogens with one attached hydrogen (secondary N) is 2. The van der Waals surface area contributed by atoms with Crippen LogP contribution in [0.15, 0.2) is 66.7 Å². The van der Waals surface area contributed by atoms with Crippen LogP contribution in [0.3, 0.4) is 0 Å². The van der Waals surface area contributed by atoms with Crippen LogP contribution in [-0.4, -0.2) is 20.8 Å². The zero-order valence-electron chi connectivity index (χ0n) is 14.2. The number of halogens is 3. The fraction of sp³-hybridized carbons (Fsp3) is 0.105. The number of nitrogens with zero attached hydrogens (tertiary/aromatic N) is 1. The number of alkyl halides is 3. The number of hydrogen-bond donors (Lipinski definition) is 2. The topological polar surface area (TPSA) is 84.3 Å². The molecule has 28 heavy (non-hydrogen) atoms. The molecule has 2 N–H and O–H groups in total. The van der Waals surface area contributed by atoms with E-state index in [0.29, 0.717) is 5.69 Å². The molecule has 6 nitrogen and oxygen atoms in total. The monoisotopic (exact) mass is 437 g/mol. The first-order valence-corrected chi connectivity index (χ1v) is 9.25. The van der Waals surface area contributed by atoms with Crippen molar-refractivity contribution in [3.05, 3.63) is 82.4 Å². The van der Waals surface area contributed by atoms with Crippen molar-refractivity contribution in [1.82, 2.24) is 5.32 Å². The summed E-state index contributed by atoms with van der Waals surface area (Å²) in [5.41, 5.74) is 0.756. The lowest BCUT2D eigenvalue weighted by Gasteiger charge is -2.28. The van der Waals surface area contributed by atoms with Gasteiger partial charge in [0.2, 0.25) is 3.79 Å². The van der Waals surface area contributed by atoms with Crippen molar-refractivity contribution >= 4 is 62.9 Å². The second-order valence-electron chi connectivity index (χ2n) is 5.92. The van der Waals surface area contributed by atoms with Crippen molar-refractivity contribution in [2.75, 3.05) is 5.32 Å². The van der Waals surface area contributed by atoms with Gasteiger partial charge in [-0.15, -0.1) is 0 Å². The molecule has 144 valence electrons. The fourth-order valence-corrected chi connectivity index (χ4v) is 2.98. The molecule has 0 fully saturated rings. The molecule has 0 radical (unpaired) electrons. The molecular formula is C19H14Cl3N3O3. The molecule has 1 atom stereocenters. The van der Waals surface area contributed by atoms with Gasteiger partial charge in [-0.25, -0.2) is 0 Å². The van der Waals surface area contributed by atoms with Crippen LogP contribution in [0.1, 0.15) is 10.4 Å². The number of amides is 1. The number of hydrogen-bond acceptors (Lipinski definition) is 4. The minimum atomic E-state index is -1.85. The van der Waals surface area contributed by atoms with Crippen LogP contribution in [0.5, 0.6) is 0 Å². The van der Waals surface area contributed by atoms with Crippen molar-refractivity contribution in [3.63, 3.8) is 0 Å². The Bertz CT molecular complexity index is 1010.